The van der Waals surface area contributed by atoms with E-state index in [9.17, 15) is 4.79 Å². The lowest BCUT2D eigenvalue weighted by atomic mass is 10.1. The van der Waals surface area contributed by atoms with Crippen LogP contribution < -0.4 is 9.64 Å². The van der Waals surface area contributed by atoms with Gasteiger partial charge >= 0.3 is 0 Å². The molecule has 0 bridgehead atoms. The zero-order chi connectivity index (χ0) is 19.5. The van der Waals surface area contributed by atoms with Gasteiger partial charge in [0, 0.05) is 50.4 Å². The predicted octanol–water partition coefficient (Wildman–Crippen LogP) is 3.62. The van der Waals surface area contributed by atoms with Crippen LogP contribution in [0.25, 0.3) is 11.3 Å². The van der Waals surface area contributed by atoms with Gasteiger partial charge in [0.2, 0.25) is 5.76 Å². The molecule has 1 fully saturated rings. The second-order valence-corrected chi connectivity index (χ2v) is 6.76. The molecule has 1 aromatic heterocycles. The Labute approximate surface area is 164 Å². The van der Waals surface area contributed by atoms with Crippen molar-refractivity contribution in [3.05, 3.63) is 66.2 Å². The predicted molar refractivity (Wildman–Crippen MR) is 108 cm³/mol. The minimum absolute atomic E-state index is 0.107. The van der Waals surface area contributed by atoms with Crippen molar-refractivity contribution in [2.75, 3.05) is 38.2 Å². The molecule has 1 saturated heterocycles. The monoisotopic (exact) mass is 377 g/mol. The lowest BCUT2D eigenvalue weighted by molar-refractivity contribution is 0.0714. The molecule has 0 saturated carbocycles. The van der Waals surface area contributed by atoms with Gasteiger partial charge in [-0.25, -0.2) is 4.98 Å². The number of anilines is 1. The summed E-state index contributed by atoms with van der Waals surface area (Å²) in [7, 11) is 1.67. The standard InChI is InChI=1S/C22H23N3O3/c1-16-23-20(17-7-4-3-5-8-17)21(28-16)22(26)25-13-11-24(12-14-25)18-9-6-10-19(15-18)27-2/h3-10,15H,11-14H2,1-2H3. The van der Waals surface area contributed by atoms with Crippen LogP contribution in [0.15, 0.2) is 59.0 Å². The van der Waals surface area contributed by atoms with Crippen LogP contribution in [0.2, 0.25) is 0 Å². The summed E-state index contributed by atoms with van der Waals surface area (Å²) in [6.07, 6.45) is 0. The molecule has 4 rings (SSSR count). The molecule has 2 aromatic carbocycles. The Kier molecular flexibility index (Phi) is 5.02. The molecule has 0 unspecified atom stereocenters. The summed E-state index contributed by atoms with van der Waals surface area (Å²) in [6.45, 7) is 4.54. The van der Waals surface area contributed by atoms with Crippen molar-refractivity contribution in [1.82, 2.24) is 9.88 Å². The third-order valence-electron chi connectivity index (χ3n) is 4.96. The quantitative estimate of drug-likeness (QED) is 0.695. The first kappa shape index (κ1) is 18.1. The number of piperazine rings is 1. The fraction of sp³-hybridized carbons (Fsp3) is 0.273. The zero-order valence-electron chi connectivity index (χ0n) is 16.1. The fourth-order valence-electron chi connectivity index (χ4n) is 3.48. The first-order chi connectivity index (χ1) is 13.7. The van der Waals surface area contributed by atoms with Crippen molar-refractivity contribution >= 4 is 11.6 Å². The molecular formula is C22H23N3O3. The maximum Gasteiger partial charge on any atom is 0.292 e. The van der Waals surface area contributed by atoms with Crippen molar-refractivity contribution in [2.24, 2.45) is 0 Å². The molecule has 2 heterocycles. The Hall–Kier alpha value is -3.28. The Morgan fingerprint density at radius 1 is 1.04 bits per heavy atom. The van der Waals surface area contributed by atoms with Crippen LogP contribution in [-0.2, 0) is 0 Å². The Morgan fingerprint density at radius 2 is 1.79 bits per heavy atom. The summed E-state index contributed by atoms with van der Waals surface area (Å²) in [5, 5.41) is 0. The number of methoxy groups -OCH3 is 1. The van der Waals surface area contributed by atoms with Crippen LogP contribution >= 0.6 is 0 Å². The van der Waals surface area contributed by atoms with E-state index in [1.165, 1.54) is 0 Å². The Morgan fingerprint density at radius 3 is 2.50 bits per heavy atom. The third-order valence-corrected chi connectivity index (χ3v) is 4.96. The normalized spacial score (nSPS) is 14.2. The second-order valence-electron chi connectivity index (χ2n) is 6.76. The highest BCUT2D eigenvalue weighted by molar-refractivity contribution is 5.97. The second kappa shape index (κ2) is 7.76. The van der Waals surface area contributed by atoms with Crippen LogP contribution in [0, 0.1) is 6.92 Å². The highest BCUT2D eigenvalue weighted by Crippen LogP contribution is 2.26. The lowest BCUT2D eigenvalue weighted by Crippen LogP contribution is -2.48. The first-order valence-electron chi connectivity index (χ1n) is 9.37. The number of nitrogens with zero attached hydrogens (tertiary/aromatic N) is 3. The first-order valence-corrected chi connectivity index (χ1v) is 9.37. The minimum atomic E-state index is -0.107. The minimum Gasteiger partial charge on any atom is -0.497 e. The van der Waals surface area contributed by atoms with Gasteiger partial charge in [0.05, 0.1) is 7.11 Å². The maximum absolute atomic E-state index is 13.1. The molecule has 0 N–H and O–H groups in total. The van der Waals surface area contributed by atoms with Gasteiger partial charge in [-0.05, 0) is 12.1 Å². The van der Waals surface area contributed by atoms with Crippen LogP contribution in [-0.4, -0.2) is 49.1 Å². The number of hydrogen-bond donors (Lipinski definition) is 0. The fourth-order valence-corrected chi connectivity index (χ4v) is 3.48. The number of carbonyl (C=O) groups is 1. The Bertz CT molecular complexity index is 960. The van der Waals surface area contributed by atoms with Gasteiger partial charge < -0.3 is 19.0 Å². The molecule has 0 atom stereocenters. The molecule has 0 radical (unpaired) electrons. The zero-order valence-corrected chi connectivity index (χ0v) is 16.1. The SMILES string of the molecule is COc1cccc(N2CCN(C(=O)c3oc(C)nc3-c3ccccc3)CC2)c1. The van der Waals surface area contributed by atoms with Crippen LogP contribution in [0.4, 0.5) is 5.69 Å². The van der Waals surface area contributed by atoms with Gasteiger partial charge in [-0.1, -0.05) is 36.4 Å². The number of carbonyl (C=O) groups excluding carboxylic acids is 1. The number of hydrogen-bond acceptors (Lipinski definition) is 5. The largest absolute Gasteiger partial charge is 0.497 e. The van der Waals surface area contributed by atoms with Crippen molar-refractivity contribution in [3.63, 3.8) is 0 Å². The van der Waals surface area contributed by atoms with Crippen LogP contribution in [0.5, 0.6) is 5.75 Å². The third kappa shape index (κ3) is 3.58. The molecule has 144 valence electrons. The molecule has 0 spiro atoms. The van der Waals surface area contributed by atoms with Gasteiger partial charge in [0.25, 0.3) is 5.91 Å². The van der Waals surface area contributed by atoms with E-state index in [0.29, 0.717) is 30.4 Å². The van der Waals surface area contributed by atoms with E-state index in [1.807, 2.05) is 53.4 Å². The van der Waals surface area contributed by atoms with Gasteiger partial charge in [0.1, 0.15) is 11.4 Å². The van der Waals surface area contributed by atoms with E-state index in [-0.39, 0.29) is 5.91 Å². The van der Waals surface area contributed by atoms with E-state index >= 15 is 0 Å². The topological polar surface area (TPSA) is 58.8 Å². The van der Waals surface area contributed by atoms with Crippen molar-refractivity contribution in [3.8, 4) is 17.0 Å². The summed E-state index contributed by atoms with van der Waals surface area (Å²) < 4.78 is 11.0. The van der Waals surface area contributed by atoms with Crippen molar-refractivity contribution < 1.29 is 13.9 Å². The number of aromatic nitrogens is 1. The Balaban J connectivity index is 1.49. The summed E-state index contributed by atoms with van der Waals surface area (Å²) in [6, 6.07) is 17.7. The highest BCUT2D eigenvalue weighted by atomic mass is 16.5. The number of amides is 1. The van der Waals surface area contributed by atoms with E-state index in [4.69, 9.17) is 9.15 Å². The molecule has 6 heteroatoms. The number of ether oxygens (including phenoxy) is 1. The summed E-state index contributed by atoms with van der Waals surface area (Å²) in [5.74, 6) is 1.54. The van der Waals surface area contributed by atoms with Gasteiger partial charge in [0.15, 0.2) is 5.89 Å². The molecule has 3 aromatic rings. The average molecular weight is 377 g/mol. The van der Waals surface area contributed by atoms with Crippen LogP contribution in [0.3, 0.4) is 0 Å². The molecule has 1 aliphatic rings. The van der Waals surface area contributed by atoms with E-state index in [1.54, 1.807) is 14.0 Å². The number of rotatable bonds is 4. The molecule has 28 heavy (non-hydrogen) atoms. The van der Waals surface area contributed by atoms with Crippen molar-refractivity contribution in [2.45, 2.75) is 6.92 Å². The summed E-state index contributed by atoms with van der Waals surface area (Å²) >= 11 is 0. The smallest absolute Gasteiger partial charge is 0.292 e. The number of benzene rings is 2. The van der Waals surface area contributed by atoms with E-state index in [2.05, 4.69) is 16.0 Å². The molecule has 6 nitrogen and oxygen atoms in total. The lowest BCUT2D eigenvalue weighted by Gasteiger charge is -2.35. The van der Waals surface area contributed by atoms with Crippen molar-refractivity contribution in [1.29, 1.82) is 0 Å². The average Bonchev–Trinajstić information content (AvgIpc) is 3.15. The summed E-state index contributed by atoms with van der Waals surface area (Å²) in [5.41, 5.74) is 2.60. The van der Waals surface area contributed by atoms with Gasteiger partial charge in [-0.15, -0.1) is 0 Å². The highest BCUT2D eigenvalue weighted by Gasteiger charge is 2.28. The molecular weight excluding hydrogens is 354 g/mol. The van der Waals surface area contributed by atoms with E-state index in [0.717, 1.165) is 30.1 Å². The van der Waals surface area contributed by atoms with E-state index < -0.39 is 0 Å². The van der Waals surface area contributed by atoms with Crippen LogP contribution in [0.1, 0.15) is 16.4 Å². The number of aryl methyl sites for hydroxylation is 1. The summed E-state index contributed by atoms with van der Waals surface area (Å²) in [4.78, 5) is 21.6. The van der Waals surface area contributed by atoms with Gasteiger partial charge in [-0.3, -0.25) is 4.79 Å². The molecule has 1 aliphatic heterocycles. The van der Waals surface area contributed by atoms with Gasteiger partial charge in [-0.2, -0.15) is 0 Å². The number of oxazole rings is 1. The maximum atomic E-state index is 13.1. The molecule has 1 amide bonds. The molecule has 0 aliphatic carbocycles.